The van der Waals surface area contributed by atoms with Crippen molar-refractivity contribution in [3.05, 3.63) is 65.2 Å². The molecule has 0 fully saturated rings. The number of nitrogens with zero attached hydrogens (tertiary/aromatic N) is 1. The Morgan fingerprint density at radius 3 is 2.18 bits per heavy atom. The van der Waals surface area contributed by atoms with Crippen molar-refractivity contribution in [3.8, 4) is 28.0 Å². The Balaban J connectivity index is 0.00000361. The lowest BCUT2D eigenvalue weighted by Gasteiger charge is -2.38. The fourth-order valence-corrected chi connectivity index (χ4v) is 7.03. The van der Waals surface area contributed by atoms with Crippen molar-refractivity contribution in [2.75, 3.05) is 14.2 Å². The van der Waals surface area contributed by atoms with Gasteiger partial charge in [-0.25, -0.2) is 8.42 Å². The third kappa shape index (κ3) is 7.10. The molecule has 1 unspecified atom stereocenters. The van der Waals surface area contributed by atoms with Crippen molar-refractivity contribution in [3.63, 3.8) is 0 Å². The molecule has 0 spiro atoms. The van der Waals surface area contributed by atoms with Crippen LogP contribution >= 0.6 is 18.9 Å². The number of alkyl halides is 3. The second-order valence-electron chi connectivity index (χ2n) is 7.17. The maximum Gasteiger partial charge on any atom is 0.417 e. The molecule has 208 valence electrons. The Morgan fingerprint density at radius 1 is 1.03 bits per heavy atom. The topological polar surface area (TPSA) is 225 Å². The Kier molecular flexibility index (Phi) is 10.6. The Hall–Kier alpha value is -3.00. The number of rotatable bonds is 8. The van der Waals surface area contributed by atoms with Crippen LogP contribution in [0, 0.1) is 11.3 Å². The highest BCUT2D eigenvalue weighted by Gasteiger charge is 2.35. The van der Waals surface area contributed by atoms with Crippen LogP contribution in [0.15, 0.2) is 52.7 Å². The lowest BCUT2D eigenvalue weighted by Crippen LogP contribution is -2.35. The summed E-state index contributed by atoms with van der Waals surface area (Å²) in [5.41, 5.74) is -2.57. The molecule has 0 saturated heterocycles. The number of sulfonamides is 1. The molecule has 0 bridgehead atoms. The van der Waals surface area contributed by atoms with E-state index in [-0.39, 0.29) is 18.4 Å². The molecule has 0 saturated carbocycles. The van der Waals surface area contributed by atoms with Crippen LogP contribution in [0.5, 0.6) is 11.5 Å². The lowest BCUT2D eigenvalue weighted by molar-refractivity contribution is -0.317. The predicted molar refractivity (Wildman–Crippen MR) is 132 cm³/mol. The molecule has 0 aliphatic carbocycles. The Bertz CT molecular complexity index is 1480. The molecule has 11 nitrogen and oxygen atoms in total. The van der Waals surface area contributed by atoms with Gasteiger partial charge >= 0.3 is 6.18 Å². The first-order chi connectivity index (χ1) is 16.7. The highest BCUT2D eigenvalue weighted by Crippen LogP contribution is 2.45. The SMILES string of the molecule is COc1ccc(-c2ccc(S(=O)(=O)NC(c3ccc(C#N)c(C(F)(F)F)c3)P(=O)([O-])[O-])s2)cc1OC.[NH4+].[NH4+]. The standard InChI is InChI=1S/C21H18F3N2O7PS2.2H3N/c1-32-16-6-5-12(10-17(16)33-2)18-7-8-19(35-18)36(30,31)26-20(34(27,28)29)13-3-4-14(11-25)15(9-13)21(22,23)24;;/h3-10,20,26H,1-2H3,(H2,27,28,29);2*1H3. The maximum atomic E-state index is 13.3. The minimum Gasteiger partial charge on any atom is -0.809 e. The van der Waals surface area contributed by atoms with Gasteiger partial charge in [-0.3, -0.25) is 0 Å². The van der Waals surface area contributed by atoms with E-state index in [4.69, 9.17) is 14.7 Å². The fourth-order valence-electron chi connectivity index (χ4n) is 3.19. The first-order valence-electron chi connectivity index (χ1n) is 9.69. The van der Waals surface area contributed by atoms with Gasteiger partial charge in [-0.2, -0.15) is 23.2 Å². The lowest BCUT2D eigenvalue weighted by atomic mass is 10.0. The van der Waals surface area contributed by atoms with Crippen molar-refractivity contribution in [2.24, 2.45) is 0 Å². The van der Waals surface area contributed by atoms with Gasteiger partial charge in [0.25, 0.3) is 10.0 Å². The van der Waals surface area contributed by atoms with E-state index in [2.05, 4.69) is 0 Å². The second kappa shape index (κ2) is 12.2. The number of hydrogen-bond donors (Lipinski definition) is 3. The van der Waals surface area contributed by atoms with Gasteiger partial charge in [0.2, 0.25) is 0 Å². The summed E-state index contributed by atoms with van der Waals surface area (Å²) >= 11 is 0.723. The van der Waals surface area contributed by atoms with E-state index >= 15 is 0 Å². The van der Waals surface area contributed by atoms with Crippen LogP contribution in [0.25, 0.3) is 10.4 Å². The molecular formula is C21H24F3N4O7PS2. The monoisotopic (exact) mass is 596 g/mol. The number of quaternary nitrogens is 2. The molecule has 1 atom stereocenters. The van der Waals surface area contributed by atoms with Crippen LogP contribution in [0.2, 0.25) is 0 Å². The Morgan fingerprint density at radius 2 is 1.66 bits per heavy atom. The molecule has 1 aromatic heterocycles. The molecule has 0 amide bonds. The number of benzene rings is 2. The van der Waals surface area contributed by atoms with Gasteiger partial charge < -0.3 is 36.1 Å². The van der Waals surface area contributed by atoms with E-state index in [1.807, 2.05) is 0 Å². The molecule has 9 N–H and O–H groups in total. The number of hydrogen-bond acceptors (Lipinski definition) is 9. The third-order valence-corrected chi connectivity index (χ3v) is 9.17. The molecule has 1 heterocycles. The first-order valence-corrected chi connectivity index (χ1v) is 13.6. The maximum absolute atomic E-state index is 13.3. The van der Waals surface area contributed by atoms with Crippen LogP contribution in [-0.4, -0.2) is 22.6 Å². The van der Waals surface area contributed by atoms with Gasteiger partial charge in [0.15, 0.2) is 11.5 Å². The molecule has 17 heteroatoms. The molecule has 0 radical (unpaired) electrons. The van der Waals surface area contributed by atoms with E-state index in [1.54, 1.807) is 22.9 Å². The molecule has 3 aromatic rings. The number of halogens is 3. The van der Waals surface area contributed by atoms with Gasteiger partial charge in [0.1, 0.15) is 4.21 Å². The van der Waals surface area contributed by atoms with Crippen molar-refractivity contribution in [1.82, 2.24) is 17.0 Å². The zero-order valence-electron chi connectivity index (χ0n) is 20.4. The largest absolute Gasteiger partial charge is 0.809 e. The quantitative estimate of drug-likeness (QED) is 0.322. The smallest absolute Gasteiger partial charge is 0.417 e. The van der Waals surface area contributed by atoms with Gasteiger partial charge in [-0.1, -0.05) is 6.07 Å². The summed E-state index contributed by atoms with van der Waals surface area (Å²) in [6, 6.07) is 10.4. The summed E-state index contributed by atoms with van der Waals surface area (Å²) in [6.45, 7) is 0. The minimum absolute atomic E-state index is 0. The van der Waals surface area contributed by atoms with Gasteiger partial charge in [0.05, 0.1) is 37.2 Å². The second-order valence-corrected chi connectivity index (χ2v) is 11.8. The summed E-state index contributed by atoms with van der Waals surface area (Å²) in [5, 5.41) is 8.91. The van der Waals surface area contributed by atoms with Crippen molar-refractivity contribution < 1.29 is 45.4 Å². The fraction of sp³-hybridized carbons (Fsp3) is 0.190. The number of nitrogens with one attached hydrogen (secondary N) is 1. The highest BCUT2D eigenvalue weighted by atomic mass is 32.2. The average Bonchev–Trinajstić information content (AvgIpc) is 3.32. The van der Waals surface area contributed by atoms with Crippen molar-refractivity contribution in [1.29, 1.82) is 5.26 Å². The normalized spacial score (nSPS) is 12.5. The zero-order valence-corrected chi connectivity index (χ0v) is 22.9. The number of methoxy groups -OCH3 is 2. The summed E-state index contributed by atoms with van der Waals surface area (Å²) < 4.78 is 89.3. The predicted octanol–water partition coefficient (Wildman–Crippen LogP) is 3.97. The summed E-state index contributed by atoms with van der Waals surface area (Å²) in [7, 11) is -7.68. The van der Waals surface area contributed by atoms with E-state index in [0.717, 1.165) is 23.5 Å². The number of nitriles is 1. The van der Waals surface area contributed by atoms with Crippen LogP contribution < -0.4 is 36.3 Å². The summed E-state index contributed by atoms with van der Waals surface area (Å²) in [5.74, 6) is -1.76. The molecule has 0 aliphatic rings. The van der Waals surface area contributed by atoms with Crippen LogP contribution in [0.1, 0.15) is 22.5 Å². The number of ether oxygens (including phenoxy) is 2. The van der Waals surface area contributed by atoms with Gasteiger partial charge in [-0.05, 0) is 61.2 Å². The number of thiophene rings is 1. The molecule has 38 heavy (non-hydrogen) atoms. The Labute approximate surface area is 220 Å². The first kappa shape index (κ1) is 33.0. The molecule has 2 aromatic carbocycles. The average molecular weight is 597 g/mol. The van der Waals surface area contributed by atoms with Crippen molar-refractivity contribution >= 4 is 29.0 Å². The van der Waals surface area contributed by atoms with Gasteiger partial charge in [0, 0.05) is 4.88 Å². The minimum atomic E-state index is -5.85. The molecule has 3 rings (SSSR count). The zero-order chi connectivity index (χ0) is 26.9. The molecule has 0 aliphatic heterocycles. The van der Waals surface area contributed by atoms with Crippen LogP contribution in [0.3, 0.4) is 0 Å². The molecular weight excluding hydrogens is 572 g/mol. The summed E-state index contributed by atoms with van der Waals surface area (Å²) in [4.78, 5) is 24.2. The van der Waals surface area contributed by atoms with Crippen LogP contribution in [0.4, 0.5) is 13.2 Å². The third-order valence-electron chi connectivity index (χ3n) is 4.88. The highest BCUT2D eigenvalue weighted by molar-refractivity contribution is 7.92. The summed E-state index contributed by atoms with van der Waals surface area (Å²) in [6.07, 6.45) is -5.05. The van der Waals surface area contributed by atoms with Crippen molar-refractivity contribution in [2.45, 2.75) is 16.2 Å². The van der Waals surface area contributed by atoms with E-state index < -0.39 is 50.5 Å². The van der Waals surface area contributed by atoms with E-state index in [0.29, 0.717) is 28.0 Å². The van der Waals surface area contributed by atoms with Crippen LogP contribution in [-0.2, 0) is 20.8 Å². The van der Waals surface area contributed by atoms with E-state index in [1.165, 1.54) is 26.4 Å². The van der Waals surface area contributed by atoms with Gasteiger partial charge in [-0.15, -0.1) is 11.3 Å². The van der Waals surface area contributed by atoms with E-state index in [9.17, 15) is 35.9 Å².